The van der Waals surface area contributed by atoms with Gasteiger partial charge in [0, 0.05) is 11.1 Å². The minimum absolute atomic E-state index is 0.0763. The average Bonchev–Trinajstić information content (AvgIpc) is 3.23. The van der Waals surface area contributed by atoms with Gasteiger partial charge in [0.05, 0.1) is 0 Å². The highest BCUT2D eigenvalue weighted by Crippen LogP contribution is 2.45. The summed E-state index contributed by atoms with van der Waals surface area (Å²) in [6.45, 7) is 0. The fourth-order valence-corrected chi connectivity index (χ4v) is 7.09. The molecule has 2 heteroatoms. The molecule has 8 rings (SSSR count). The zero-order valence-electron chi connectivity index (χ0n) is 22.4. The Bertz CT molecular complexity index is 2050. The highest BCUT2D eigenvalue weighted by Gasteiger charge is 2.53. The van der Waals surface area contributed by atoms with Crippen LogP contribution >= 0.6 is 0 Å². The normalized spacial score (nSPS) is 14.3. The van der Waals surface area contributed by atoms with Crippen LogP contribution in [0.3, 0.4) is 0 Å². The summed E-state index contributed by atoms with van der Waals surface area (Å²) in [6, 6.07) is 45.1. The van der Waals surface area contributed by atoms with E-state index in [4.69, 9.17) is 0 Å². The molecule has 194 valence electrons. The number of carbonyl (C=O) groups excluding carboxylic acids is 2. The Balaban J connectivity index is 1.39. The van der Waals surface area contributed by atoms with Crippen molar-refractivity contribution in [3.8, 4) is 0 Å². The molecule has 0 radical (unpaired) electrons. The van der Waals surface area contributed by atoms with Crippen molar-refractivity contribution >= 4 is 54.7 Å². The average molecular weight is 527 g/mol. The Morgan fingerprint density at radius 1 is 0.390 bits per heavy atom. The minimum atomic E-state index is -1.24. The molecule has 0 unspecified atom stereocenters. The van der Waals surface area contributed by atoms with E-state index < -0.39 is 5.41 Å². The summed E-state index contributed by atoms with van der Waals surface area (Å²) in [6.07, 6.45) is 0.678. The molecule has 1 aliphatic carbocycles. The highest BCUT2D eigenvalue weighted by atomic mass is 16.2. The van der Waals surface area contributed by atoms with Gasteiger partial charge in [0.15, 0.2) is 11.6 Å². The first-order chi connectivity index (χ1) is 20.1. The molecule has 0 amide bonds. The van der Waals surface area contributed by atoms with Crippen LogP contribution < -0.4 is 0 Å². The molecule has 41 heavy (non-hydrogen) atoms. The third kappa shape index (κ3) is 3.50. The van der Waals surface area contributed by atoms with Crippen molar-refractivity contribution in [2.45, 2.75) is 12.8 Å². The van der Waals surface area contributed by atoms with E-state index in [9.17, 15) is 9.59 Å². The zero-order chi connectivity index (χ0) is 27.6. The molecule has 0 saturated carbocycles. The number of carbonyl (C=O) groups is 2. The Hall–Kier alpha value is -5.08. The summed E-state index contributed by atoms with van der Waals surface area (Å²) in [5.74, 6) is -0.153. The van der Waals surface area contributed by atoms with Crippen molar-refractivity contribution in [1.82, 2.24) is 0 Å². The summed E-state index contributed by atoms with van der Waals surface area (Å²) in [4.78, 5) is 29.0. The van der Waals surface area contributed by atoms with Crippen molar-refractivity contribution in [3.05, 3.63) is 156 Å². The van der Waals surface area contributed by atoms with Crippen LogP contribution in [0.2, 0.25) is 0 Å². The summed E-state index contributed by atoms with van der Waals surface area (Å²) in [7, 11) is 0. The van der Waals surface area contributed by atoms with Crippen molar-refractivity contribution < 1.29 is 9.59 Å². The van der Waals surface area contributed by atoms with E-state index in [1.807, 2.05) is 48.5 Å². The fraction of sp³-hybridized carbons (Fsp3) is 0.0769. The lowest BCUT2D eigenvalue weighted by molar-refractivity contribution is 0.0696. The molecule has 0 atom stereocenters. The molecule has 0 fully saturated rings. The van der Waals surface area contributed by atoms with E-state index in [1.54, 1.807) is 0 Å². The van der Waals surface area contributed by atoms with Gasteiger partial charge in [0.1, 0.15) is 5.41 Å². The number of benzene rings is 7. The monoisotopic (exact) mass is 526 g/mol. The maximum Gasteiger partial charge on any atom is 0.178 e. The molecule has 0 aromatic heterocycles. The molecule has 0 aliphatic heterocycles. The van der Waals surface area contributed by atoms with Gasteiger partial charge in [-0.15, -0.1) is 0 Å². The van der Waals surface area contributed by atoms with Gasteiger partial charge in [0.2, 0.25) is 0 Å². The number of Topliss-reactive ketones (excluding diaryl/α,β-unsaturated/α-hetero) is 2. The topological polar surface area (TPSA) is 34.1 Å². The van der Waals surface area contributed by atoms with Crippen LogP contribution in [0.15, 0.2) is 133 Å². The maximum absolute atomic E-state index is 14.5. The van der Waals surface area contributed by atoms with Crippen molar-refractivity contribution in [1.29, 1.82) is 0 Å². The Kier molecular flexibility index (Phi) is 5.20. The van der Waals surface area contributed by atoms with Gasteiger partial charge in [0.25, 0.3) is 0 Å². The van der Waals surface area contributed by atoms with Gasteiger partial charge >= 0.3 is 0 Å². The largest absolute Gasteiger partial charge is 0.293 e. The lowest BCUT2D eigenvalue weighted by Gasteiger charge is -2.28. The van der Waals surface area contributed by atoms with Crippen molar-refractivity contribution in [3.63, 3.8) is 0 Å². The number of hydrogen-bond donors (Lipinski definition) is 0. The first kappa shape index (κ1) is 23.8. The molecular formula is C39H26O2. The van der Waals surface area contributed by atoms with Gasteiger partial charge in [-0.3, -0.25) is 9.59 Å². The maximum atomic E-state index is 14.5. The predicted molar refractivity (Wildman–Crippen MR) is 168 cm³/mol. The number of hydrogen-bond acceptors (Lipinski definition) is 2. The molecular weight excluding hydrogens is 500 g/mol. The van der Waals surface area contributed by atoms with Gasteiger partial charge in [-0.05, 0) is 67.1 Å². The second-order valence-electron chi connectivity index (χ2n) is 11.2. The number of fused-ring (bicyclic) bond motifs is 7. The fourth-order valence-electron chi connectivity index (χ4n) is 7.09. The molecule has 0 bridgehead atoms. The van der Waals surface area contributed by atoms with E-state index >= 15 is 0 Å². The summed E-state index contributed by atoms with van der Waals surface area (Å²) in [5.41, 5.74) is 1.89. The second-order valence-corrected chi connectivity index (χ2v) is 11.2. The molecule has 0 saturated heterocycles. The Labute approximate surface area is 237 Å². The SMILES string of the molecule is O=C1c2ccccc2C(=O)C1(Cc1cc2ccccc2c2ccccc12)Cc1cc2ccccc2c2ccccc12. The first-order valence-electron chi connectivity index (χ1n) is 14.1. The van der Waals surface area contributed by atoms with E-state index in [0.29, 0.717) is 24.0 Å². The minimum Gasteiger partial charge on any atom is -0.293 e. The summed E-state index contributed by atoms with van der Waals surface area (Å²) >= 11 is 0. The summed E-state index contributed by atoms with van der Waals surface area (Å²) in [5, 5.41) is 9.04. The third-order valence-corrected chi connectivity index (χ3v) is 8.98. The zero-order valence-corrected chi connectivity index (χ0v) is 22.4. The van der Waals surface area contributed by atoms with Crippen LogP contribution in [0.25, 0.3) is 43.1 Å². The first-order valence-corrected chi connectivity index (χ1v) is 14.1. The van der Waals surface area contributed by atoms with Gasteiger partial charge in [-0.25, -0.2) is 0 Å². The lowest BCUT2D eigenvalue weighted by atomic mass is 9.71. The van der Waals surface area contributed by atoms with E-state index in [-0.39, 0.29) is 11.6 Å². The van der Waals surface area contributed by atoms with E-state index in [0.717, 1.165) is 43.4 Å². The summed E-state index contributed by atoms with van der Waals surface area (Å²) < 4.78 is 0. The van der Waals surface area contributed by atoms with Crippen LogP contribution in [-0.4, -0.2) is 11.6 Å². The highest BCUT2D eigenvalue weighted by molar-refractivity contribution is 6.30. The number of ketones is 2. The molecule has 0 spiro atoms. The Morgan fingerprint density at radius 3 is 1.17 bits per heavy atom. The van der Waals surface area contributed by atoms with Crippen LogP contribution in [0.1, 0.15) is 31.8 Å². The molecule has 0 N–H and O–H groups in total. The Morgan fingerprint density at radius 2 is 0.732 bits per heavy atom. The molecule has 7 aromatic carbocycles. The van der Waals surface area contributed by atoms with Gasteiger partial charge in [-0.1, -0.05) is 133 Å². The van der Waals surface area contributed by atoms with Crippen LogP contribution in [0, 0.1) is 5.41 Å². The molecule has 2 nitrogen and oxygen atoms in total. The standard InChI is InChI=1S/C39H26O2/c40-37-35-19-9-10-20-36(35)38(41)39(37,23-27-21-25-11-1-3-13-29(25)33-17-7-5-15-31(27)33)24-28-22-26-12-2-4-14-30(26)34-18-8-6-16-32(28)34/h1-22H,23-24H2. The molecule has 7 aromatic rings. The smallest absolute Gasteiger partial charge is 0.178 e. The lowest BCUT2D eigenvalue weighted by Crippen LogP contribution is -2.38. The van der Waals surface area contributed by atoms with Gasteiger partial charge < -0.3 is 0 Å². The van der Waals surface area contributed by atoms with Crippen LogP contribution in [0.5, 0.6) is 0 Å². The molecule has 1 aliphatic rings. The second kappa shape index (κ2) is 8.97. The van der Waals surface area contributed by atoms with Crippen LogP contribution in [-0.2, 0) is 12.8 Å². The van der Waals surface area contributed by atoms with Gasteiger partial charge in [-0.2, -0.15) is 0 Å². The van der Waals surface area contributed by atoms with Crippen molar-refractivity contribution in [2.24, 2.45) is 5.41 Å². The van der Waals surface area contributed by atoms with Crippen LogP contribution in [0.4, 0.5) is 0 Å². The predicted octanol–water partition coefficient (Wildman–Crippen LogP) is 9.15. The molecule has 0 heterocycles. The third-order valence-electron chi connectivity index (χ3n) is 8.98. The van der Waals surface area contributed by atoms with E-state index in [2.05, 4.69) is 84.9 Å². The quantitative estimate of drug-likeness (QED) is 0.169. The van der Waals surface area contributed by atoms with Crippen molar-refractivity contribution in [2.75, 3.05) is 0 Å². The number of rotatable bonds is 4. The van der Waals surface area contributed by atoms with E-state index in [1.165, 1.54) is 10.8 Å².